The van der Waals surface area contributed by atoms with Crippen LogP contribution in [0.1, 0.15) is 43.5 Å². The minimum atomic E-state index is -0.993. The summed E-state index contributed by atoms with van der Waals surface area (Å²) in [7, 11) is 1.64. The number of ketones is 1. The summed E-state index contributed by atoms with van der Waals surface area (Å²) in [5.74, 6) is -3.09. The first-order chi connectivity index (χ1) is 15.6. The second-order valence-electron chi connectivity index (χ2n) is 8.65. The Kier molecular flexibility index (Phi) is 7.58. The highest BCUT2D eigenvalue weighted by Crippen LogP contribution is 2.36. The number of benzene rings is 2. The van der Waals surface area contributed by atoms with Crippen LogP contribution in [0.3, 0.4) is 0 Å². The molecule has 3 atom stereocenters. The molecule has 2 N–H and O–H groups in total. The molecule has 0 saturated carbocycles. The molecule has 1 aliphatic rings. The van der Waals surface area contributed by atoms with Crippen molar-refractivity contribution < 1.29 is 23.2 Å². The molecule has 0 aliphatic carbocycles. The van der Waals surface area contributed by atoms with Gasteiger partial charge >= 0.3 is 0 Å². The largest absolute Gasteiger partial charge is 0.343 e. The zero-order valence-electron chi connectivity index (χ0n) is 19.2. The van der Waals surface area contributed by atoms with Crippen LogP contribution in [0.25, 0.3) is 0 Å². The molecule has 3 rings (SSSR count). The first-order valence-electron chi connectivity index (χ1n) is 11.0. The number of hydrogen-bond acceptors (Lipinski definition) is 4. The number of nitrogens with one attached hydrogen (secondary N) is 2. The minimum absolute atomic E-state index is 0.172. The third kappa shape index (κ3) is 5.11. The Labute approximate surface area is 192 Å². The predicted octanol–water partition coefficient (Wildman–Crippen LogP) is 2.91. The van der Waals surface area contributed by atoms with Gasteiger partial charge in [-0.25, -0.2) is 8.78 Å². The van der Waals surface area contributed by atoms with E-state index in [0.29, 0.717) is 5.56 Å². The van der Waals surface area contributed by atoms with E-state index in [1.165, 1.54) is 11.0 Å². The van der Waals surface area contributed by atoms with Gasteiger partial charge in [-0.15, -0.1) is 0 Å². The zero-order chi connectivity index (χ0) is 24.3. The first-order valence-corrected chi connectivity index (χ1v) is 11.0. The SMILES string of the molecule is CN[C@@H](C)C(=O)N[C@H](C(=O)N1Cc2ccccc2[C@@H]1C(=O)Cc1c(F)cccc1F)C(C)C. The standard InChI is InChI=1S/C25H29F2N3O3/c1-14(2)22(29-24(32)15(3)28-4)25(33)30-13-16-8-5-6-9-17(16)23(30)21(31)12-18-19(26)10-7-11-20(18)27/h5-11,14-15,22-23,28H,12-13H2,1-4H3,(H,29,32)/t15-,22-,23+/m0/s1. The Morgan fingerprint density at radius 2 is 1.67 bits per heavy atom. The van der Waals surface area contributed by atoms with Crippen molar-refractivity contribution in [2.45, 2.75) is 51.9 Å². The van der Waals surface area contributed by atoms with Crippen molar-refractivity contribution in [3.8, 4) is 0 Å². The van der Waals surface area contributed by atoms with Gasteiger partial charge in [0.05, 0.1) is 6.04 Å². The molecule has 0 spiro atoms. The molecule has 6 nitrogen and oxygen atoms in total. The average Bonchev–Trinajstić information content (AvgIpc) is 3.18. The molecule has 0 saturated heterocycles. The van der Waals surface area contributed by atoms with Crippen molar-refractivity contribution in [3.05, 3.63) is 70.8 Å². The van der Waals surface area contributed by atoms with Crippen molar-refractivity contribution in [3.63, 3.8) is 0 Å². The van der Waals surface area contributed by atoms with Crippen LogP contribution in [-0.4, -0.2) is 41.6 Å². The van der Waals surface area contributed by atoms with Crippen LogP contribution in [0, 0.1) is 17.6 Å². The van der Waals surface area contributed by atoms with Gasteiger partial charge in [0.25, 0.3) is 0 Å². The van der Waals surface area contributed by atoms with E-state index in [0.717, 1.165) is 17.7 Å². The van der Waals surface area contributed by atoms with Crippen molar-refractivity contribution in [2.24, 2.45) is 5.92 Å². The number of likely N-dealkylation sites (N-methyl/N-ethyl adjacent to an activating group) is 1. The van der Waals surface area contributed by atoms with E-state index in [2.05, 4.69) is 10.6 Å². The van der Waals surface area contributed by atoms with E-state index in [1.807, 2.05) is 19.9 Å². The quantitative estimate of drug-likeness (QED) is 0.639. The maximum Gasteiger partial charge on any atom is 0.246 e. The second-order valence-corrected chi connectivity index (χ2v) is 8.65. The molecule has 0 bridgehead atoms. The van der Waals surface area contributed by atoms with Crippen molar-refractivity contribution in [1.29, 1.82) is 0 Å². The zero-order valence-corrected chi connectivity index (χ0v) is 19.2. The van der Waals surface area contributed by atoms with Gasteiger partial charge in [-0.05, 0) is 43.1 Å². The van der Waals surface area contributed by atoms with E-state index in [4.69, 9.17) is 0 Å². The number of carbonyl (C=O) groups excluding carboxylic acids is 3. The number of hydrogen-bond donors (Lipinski definition) is 2. The van der Waals surface area contributed by atoms with E-state index < -0.39 is 47.9 Å². The van der Waals surface area contributed by atoms with E-state index in [9.17, 15) is 23.2 Å². The Bertz CT molecular complexity index is 1040. The highest BCUT2D eigenvalue weighted by atomic mass is 19.1. The Hall–Kier alpha value is -3.13. The summed E-state index contributed by atoms with van der Waals surface area (Å²) in [4.78, 5) is 40.8. The number of nitrogens with zero attached hydrogens (tertiary/aromatic N) is 1. The summed E-state index contributed by atoms with van der Waals surface area (Å²) in [5, 5.41) is 5.61. The molecule has 2 aromatic carbocycles. The summed E-state index contributed by atoms with van der Waals surface area (Å²) >= 11 is 0. The van der Waals surface area contributed by atoms with Crippen LogP contribution in [-0.2, 0) is 27.3 Å². The lowest BCUT2D eigenvalue weighted by Gasteiger charge is -2.31. The highest BCUT2D eigenvalue weighted by molar-refractivity contribution is 5.96. The van der Waals surface area contributed by atoms with Crippen LogP contribution in [0.2, 0.25) is 0 Å². The summed E-state index contributed by atoms with van der Waals surface area (Å²) in [6, 6.07) is 8.21. The maximum atomic E-state index is 14.2. The number of rotatable bonds is 8. The fraction of sp³-hybridized carbons (Fsp3) is 0.400. The second kappa shape index (κ2) is 10.2. The summed E-state index contributed by atoms with van der Waals surface area (Å²) in [6.45, 7) is 5.47. The summed E-state index contributed by atoms with van der Waals surface area (Å²) in [5.41, 5.74) is 1.09. The lowest BCUT2D eigenvalue weighted by Crippen LogP contribution is -2.54. The van der Waals surface area contributed by atoms with Gasteiger partial charge in [0, 0.05) is 18.5 Å². The van der Waals surface area contributed by atoms with Gasteiger partial charge in [-0.3, -0.25) is 14.4 Å². The molecular weight excluding hydrogens is 428 g/mol. The maximum absolute atomic E-state index is 14.2. The molecule has 176 valence electrons. The van der Waals surface area contributed by atoms with Gasteiger partial charge in [0.15, 0.2) is 5.78 Å². The Morgan fingerprint density at radius 3 is 2.27 bits per heavy atom. The third-order valence-electron chi connectivity index (χ3n) is 6.06. The molecule has 2 aromatic rings. The van der Waals surface area contributed by atoms with Gasteiger partial charge in [-0.2, -0.15) is 0 Å². The van der Waals surface area contributed by atoms with Crippen LogP contribution in [0.15, 0.2) is 42.5 Å². The molecule has 1 heterocycles. The van der Waals surface area contributed by atoms with Gasteiger partial charge < -0.3 is 15.5 Å². The smallest absolute Gasteiger partial charge is 0.246 e. The molecular formula is C25H29F2N3O3. The lowest BCUT2D eigenvalue weighted by molar-refractivity contribution is -0.143. The Balaban J connectivity index is 1.93. The van der Waals surface area contributed by atoms with E-state index in [1.54, 1.807) is 32.2 Å². The fourth-order valence-corrected chi connectivity index (χ4v) is 4.01. The van der Waals surface area contributed by atoms with Gasteiger partial charge in [0.1, 0.15) is 23.7 Å². The average molecular weight is 458 g/mol. The Morgan fingerprint density at radius 1 is 1.03 bits per heavy atom. The molecule has 8 heteroatoms. The number of fused-ring (bicyclic) bond motifs is 1. The number of carbonyl (C=O) groups is 3. The van der Waals surface area contributed by atoms with Crippen LogP contribution >= 0.6 is 0 Å². The first kappa shape index (κ1) is 24.5. The van der Waals surface area contributed by atoms with Gasteiger partial charge in [0.2, 0.25) is 11.8 Å². The molecule has 0 aromatic heterocycles. The number of Topliss-reactive ketones (excluding diaryl/α,β-unsaturated/α-hetero) is 1. The lowest BCUT2D eigenvalue weighted by atomic mass is 9.95. The topological polar surface area (TPSA) is 78.5 Å². The molecule has 2 amide bonds. The molecule has 0 unspecified atom stereocenters. The minimum Gasteiger partial charge on any atom is -0.343 e. The van der Waals surface area contributed by atoms with Gasteiger partial charge in [-0.1, -0.05) is 44.2 Å². The molecule has 0 radical (unpaired) electrons. The van der Waals surface area contributed by atoms with Crippen molar-refractivity contribution >= 4 is 17.6 Å². The van der Waals surface area contributed by atoms with E-state index >= 15 is 0 Å². The molecule has 0 fully saturated rings. The molecule has 33 heavy (non-hydrogen) atoms. The summed E-state index contributed by atoms with van der Waals surface area (Å²) in [6.07, 6.45) is -0.489. The predicted molar refractivity (Wildman–Crippen MR) is 120 cm³/mol. The monoisotopic (exact) mass is 457 g/mol. The highest BCUT2D eigenvalue weighted by Gasteiger charge is 2.41. The van der Waals surface area contributed by atoms with Crippen molar-refractivity contribution in [1.82, 2.24) is 15.5 Å². The van der Waals surface area contributed by atoms with Crippen molar-refractivity contribution in [2.75, 3.05) is 7.05 Å². The fourth-order valence-electron chi connectivity index (χ4n) is 4.01. The molecule has 1 aliphatic heterocycles. The normalized spacial score (nSPS) is 16.9. The van der Waals surface area contributed by atoms with Crippen LogP contribution in [0.5, 0.6) is 0 Å². The van der Waals surface area contributed by atoms with Crippen LogP contribution in [0.4, 0.5) is 8.78 Å². The summed E-state index contributed by atoms with van der Waals surface area (Å²) < 4.78 is 28.4. The third-order valence-corrected chi connectivity index (χ3v) is 6.06. The van der Waals surface area contributed by atoms with E-state index in [-0.39, 0.29) is 23.9 Å². The number of amides is 2. The van der Waals surface area contributed by atoms with Crippen LogP contribution < -0.4 is 10.6 Å². The number of halogens is 2.